The lowest BCUT2D eigenvalue weighted by atomic mass is 9.89. The van der Waals surface area contributed by atoms with Crippen LogP contribution in [-0.4, -0.2) is 49.8 Å². The van der Waals surface area contributed by atoms with Crippen molar-refractivity contribution in [2.45, 2.75) is 25.3 Å². The van der Waals surface area contributed by atoms with E-state index >= 15 is 0 Å². The van der Waals surface area contributed by atoms with Gasteiger partial charge in [0, 0.05) is 19.5 Å². The average Bonchev–Trinajstić information content (AvgIpc) is 2.75. The molecule has 0 bridgehead atoms. The number of carboxylic acid groups (broad SMARTS) is 1. The minimum atomic E-state index is -0.920. The third-order valence-corrected chi connectivity index (χ3v) is 5.24. The fourth-order valence-electron chi connectivity index (χ4n) is 3.77. The number of methoxy groups -OCH3 is 3. The largest absolute Gasteiger partial charge is 0.493 e. The molecule has 1 N–H and O–H groups in total. The van der Waals surface area contributed by atoms with Crippen molar-refractivity contribution in [1.82, 2.24) is 4.90 Å². The lowest BCUT2D eigenvalue weighted by Gasteiger charge is -2.33. The monoisotopic (exact) mass is 399 g/mol. The summed E-state index contributed by atoms with van der Waals surface area (Å²) in [5, 5.41) is 9.59. The molecule has 1 unspecified atom stereocenters. The molecule has 0 spiro atoms. The van der Waals surface area contributed by atoms with Crippen LogP contribution in [0.4, 0.5) is 0 Å². The minimum absolute atomic E-state index is 0.0948. The van der Waals surface area contributed by atoms with Gasteiger partial charge in [-0.05, 0) is 29.2 Å². The number of carbonyl (C=O) groups is 2. The van der Waals surface area contributed by atoms with Crippen LogP contribution in [0.2, 0.25) is 0 Å². The van der Waals surface area contributed by atoms with Crippen molar-refractivity contribution in [1.29, 1.82) is 0 Å². The van der Waals surface area contributed by atoms with Crippen molar-refractivity contribution in [3.05, 3.63) is 53.1 Å². The Morgan fingerprint density at radius 3 is 2.41 bits per heavy atom. The predicted octanol–water partition coefficient (Wildman–Crippen LogP) is 2.86. The van der Waals surface area contributed by atoms with Gasteiger partial charge in [-0.25, -0.2) is 0 Å². The summed E-state index contributed by atoms with van der Waals surface area (Å²) in [6.07, 6.45) is 0.679. The van der Waals surface area contributed by atoms with E-state index in [-0.39, 0.29) is 18.9 Å². The molecule has 1 amide bonds. The van der Waals surface area contributed by atoms with Crippen LogP contribution in [-0.2, 0) is 22.6 Å². The van der Waals surface area contributed by atoms with Gasteiger partial charge in [0.25, 0.3) is 0 Å². The van der Waals surface area contributed by atoms with Gasteiger partial charge in [-0.2, -0.15) is 0 Å². The lowest BCUT2D eigenvalue weighted by Crippen LogP contribution is -2.40. The maximum atomic E-state index is 12.9. The highest BCUT2D eigenvalue weighted by atomic mass is 16.5. The van der Waals surface area contributed by atoms with E-state index in [0.29, 0.717) is 30.2 Å². The van der Waals surface area contributed by atoms with Crippen molar-refractivity contribution in [2.24, 2.45) is 0 Å². The number of hydrogen-bond donors (Lipinski definition) is 1. The summed E-state index contributed by atoms with van der Waals surface area (Å²) in [5.41, 5.74) is 2.49. The third-order valence-electron chi connectivity index (χ3n) is 5.24. The molecule has 0 aromatic heterocycles. The molecule has 0 fully saturated rings. The number of fused-ring (bicyclic) bond motifs is 1. The zero-order chi connectivity index (χ0) is 21.0. The molecule has 0 saturated heterocycles. The van der Waals surface area contributed by atoms with Gasteiger partial charge < -0.3 is 24.2 Å². The van der Waals surface area contributed by atoms with Gasteiger partial charge in [0.05, 0.1) is 27.2 Å². The summed E-state index contributed by atoms with van der Waals surface area (Å²) in [6.45, 7) is 0.593. The average molecular weight is 399 g/mol. The molecular weight excluding hydrogens is 374 g/mol. The van der Waals surface area contributed by atoms with E-state index in [1.807, 2.05) is 30.3 Å². The Hall–Kier alpha value is -3.22. The van der Waals surface area contributed by atoms with Gasteiger partial charge in [-0.15, -0.1) is 0 Å². The maximum Gasteiger partial charge on any atom is 0.312 e. The van der Waals surface area contributed by atoms with Crippen LogP contribution < -0.4 is 14.2 Å². The quantitative estimate of drug-likeness (QED) is 0.771. The number of aliphatic carboxylic acids is 1. The van der Waals surface area contributed by atoms with Gasteiger partial charge in [0.2, 0.25) is 11.7 Å². The van der Waals surface area contributed by atoms with E-state index < -0.39 is 11.9 Å². The first-order chi connectivity index (χ1) is 14.0. The van der Waals surface area contributed by atoms with E-state index in [1.165, 1.54) is 7.11 Å². The maximum absolute atomic E-state index is 12.9. The summed E-state index contributed by atoms with van der Waals surface area (Å²) in [6, 6.07) is 11.0. The Kier molecular flexibility index (Phi) is 6.26. The Bertz CT molecular complexity index is 910. The fourth-order valence-corrected chi connectivity index (χ4v) is 3.77. The number of rotatable bonds is 7. The van der Waals surface area contributed by atoms with E-state index in [4.69, 9.17) is 14.2 Å². The van der Waals surface area contributed by atoms with Gasteiger partial charge in [-0.1, -0.05) is 30.3 Å². The van der Waals surface area contributed by atoms with Crippen LogP contribution in [0.25, 0.3) is 0 Å². The first-order valence-electron chi connectivity index (χ1n) is 9.36. The van der Waals surface area contributed by atoms with Crippen molar-refractivity contribution in [2.75, 3.05) is 27.9 Å². The van der Waals surface area contributed by atoms with E-state index in [2.05, 4.69) is 0 Å². The van der Waals surface area contributed by atoms with Crippen molar-refractivity contribution in [3.8, 4) is 17.2 Å². The van der Waals surface area contributed by atoms with Crippen LogP contribution in [0.3, 0.4) is 0 Å². The van der Waals surface area contributed by atoms with E-state index in [1.54, 1.807) is 25.2 Å². The standard InChI is InChI=1S/C22H25NO6/c1-27-18-10-8-14(20(28-2)21(18)29-3)9-11-19(24)23-12-15-6-4-5-7-16(15)17(13-23)22(25)26/h4-8,10,17H,9,11-13H2,1-3H3,(H,25,26). The molecule has 2 aromatic carbocycles. The molecule has 7 nitrogen and oxygen atoms in total. The second-order valence-corrected chi connectivity index (χ2v) is 6.86. The lowest BCUT2D eigenvalue weighted by molar-refractivity contribution is -0.141. The number of benzene rings is 2. The van der Waals surface area contributed by atoms with E-state index in [0.717, 1.165) is 16.7 Å². The third kappa shape index (κ3) is 4.13. The van der Waals surface area contributed by atoms with Crippen LogP contribution >= 0.6 is 0 Å². The molecule has 2 aromatic rings. The topological polar surface area (TPSA) is 85.3 Å². The van der Waals surface area contributed by atoms with Crippen molar-refractivity contribution in [3.63, 3.8) is 0 Å². The van der Waals surface area contributed by atoms with Gasteiger partial charge in [0.1, 0.15) is 0 Å². The summed E-state index contributed by atoms with van der Waals surface area (Å²) in [4.78, 5) is 26.2. The predicted molar refractivity (Wildman–Crippen MR) is 107 cm³/mol. The number of amides is 1. The van der Waals surface area contributed by atoms with Gasteiger partial charge in [0.15, 0.2) is 11.5 Å². The molecule has 29 heavy (non-hydrogen) atoms. The number of hydrogen-bond acceptors (Lipinski definition) is 5. The number of ether oxygens (including phenoxy) is 3. The molecule has 1 aliphatic heterocycles. The fraction of sp³-hybridized carbons (Fsp3) is 0.364. The number of carboxylic acids is 1. The van der Waals surface area contributed by atoms with Crippen molar-refractivity contribution < 1.29 is 28.9 Å². The zero-order valence-electron chi connectivity index (χ0n) is 16.8. The molecule has 7 heteroatoms. The molecule has 1 heterocycles. The summed E-state index contributed by atoms with van der Waals surface area (Å²) < 4.78 is 16.2. The van der Waals surface area contributed by atoms with E-state index in [9.17, 15) is 14.7 Å². The minimum Gasteiger partial charge on any atom is -0.493 e. The number of nitrogens with zero attached hydrogens (tertiary/aromatic N) is 1. The van der Waals surface area contributed by atoms with Crippen LogP contribution in [0.1, 0.15) is 29.0 Å². The van der Waals surface area contributed by atoms with Crippen LogP contribution in [0.5, 0.6) is 17.2 Å². The first-order valence-corrected chi connectivity index (χ1v) is 9.36. The second kappa shape index (κ2) is 8.86. The van der Waals surface area contributed by atoms with Crippen molar-refractivity contribution >= 4 is 11.9 Å². The Morgan fingerprint density at radius 2 is 1.76 bits per heavy atom. The van der Waals surface area contributed by atoms with Gasteiger partial charge in [-0.3, -0.25) is 9.59 Å². The number of aryl methyl sites for hydroxylation is 1. The normalized spacial score (nSPS) is 15.4. The number of carbonyl (C=O) groups excluding carboxylic acids is 1. The SMILES string of the molecule is COc1ccc(CCC(=O)N2Cc3ccccc3C(C(=O)O)C2)c(OC)c1OC. The van der Waals surface area contributed by atoms with Gasteiger partial charge >= 0.3 is 5.97 Å². The smallest absolute Gasteiger partial charge is 0.312 e. The molecule has 0 radical (unpaired) electrons. The molecule has 154 valence electrons. The summed E-state index contributed by atoms with van der Waals surface area (Å²) >= 11 is 0. The second-order valence-electron chi connectivity index (χ2n) is 6.86. The summed E-state index contributed by atoms with van der Waals surface area (Å²) in [5.74, 6) is -0.153. The zero-order valence-corrected chi connectivity index (χ0v) is 16.8. The molecule has 1 atom stereocenters. The molecule has 3 rings (SSSR count). The van der Waals surface area contributed by atoms with Crippen LogP contribution in [0.15, 0.2) is 36.4 Å². The Balaban J connectivity index is 1.76. The Morgan fingerprint density at radius 1 is 1.03 bits per heavy atom. The molecule has 0 aliphatic carbocycles. The Labute approximate surface area is 169 Å². The molecule has 0 saturated carbocycles. The highest BCUT2D eigenvalue weighted by Gasteiger charge is 2.32. The van der Waals surface area contributed by atoms with Crippen LogP contribution in [0, 0.1) is 0 Å². The molecule has 1 aliphatic rings. The molecular formula is C22H25NO6. The highest BCUT2D eigenvalue weighted by Crippen LogP contribution is 2.40. The summed E-state index contributed by atoms with van der Waals surface area (Å²) in [7, 11) is 4.63. The first kappa shape index (κ1) is 20.5. The highest BCUT2D eigenvalue weighted by molar-refractivity contribution is 5.81.